The molecule has 0 aliphatic carbocycles. The van der Waals surface area contributed by atoms with Gasteiger partial charge in [-0.3, -0.25) is 0 Å². The van der Waals surface area contributed by atoms with Crippen molar-refractivity contribution in [3.8, 4) is 0 Å². The predicted octanol–water partition coefficient (Wildman–Crippen LogP) is 4.56. The monoisotopic (exact) mass is 301 g/mol. The third kappa shape index (κ3) is 2.85. The molecule has 1 N–H and O–H groups in total. The van der Waals surface area contributed by atoms with Gasteiger partial charge in [0.1, 0.15) is 0 Å². The number of thiophene rings is 1. The molecule has 1 aliphatic heterocycles. The lowest BCUT2D eigenvalue weighted by Gasteiger charge is -2.32. The summed E-state index contributed by atoms with van der Waals surface area (Å²) in [6.45, 7) is 10.8. The van der Waals surface area contributed by atoms with Crippen LogP contribution in [0.4, 0.5) is 0 Å². The van der Waals surface area contributed by atoms with Gasteiger partial charge in [-0.15, -0.1) is 11.3 Å². The van der Waals surface area contributed by atoms with Crippen molar-refractivity contribution in [2.45, 2.75) is 58.3 Å². The average molecular weight is 302 g/mol. The van der Waals surface area contributed by atoms with E-state index in [0.29, 0.717) is 5.92 Å². The lowest BCUT2D eigenvalue weighted by atomic mass is 9.81. The first kappa shape index (κ1) is 15.3. The van der Waals surface area contributed by atoms with Crippen LogP contribution in [-0.2, 0) is 4.74 Å². The van der Waals surface area contributed by atoms with E-state index in [1.165, 1.54) is 4.88 Å². The average Bonchev–Trinajstić information content (AvgIpc) is 2.69. The molecule has 0 radical (unpaired) electrons. The maximum atomic E-state index is 6.45. The first-order valence-corrected chi connectivity index (χ1v) is 8.04. The lowest BCUT2D eigenvalue weighted by Crippen LogP contribution is -2.37. The van der Waals surface area contributed by atoms with Crippen molar-refractivity contribution in [2.24, 2.45) is 5.92 Å². The standard InChI is InChI=1S/C15H24ClNOS/c1-9-8-19-13(11(9)16)12(17-6)10-7-14(2,3)18-15(10,4)5/h8,10,12,17H,7H2,1-6H3. The summed E-state index contributed by atoms with van der Waals surface area (Å²) < 4.78 is 6.22. The third-order valence-corrected chi connectivity index (χ3v) is 5.86. The Labute approximate surface area is 125 Å². The lowest BCUT2D eigenvalue weighted by molar-refractivity contribution is -0.0775. The summed E-state index contributed by atoms with van der Waals surface area (Å²) in [7, 11) is 2.01. The van der Waals surface area contributed by atoms with Gasteiger partial charge < -0.3 is 10.1 Å². The zero-order chi connectivity index (χ0) is 14.4. The molecule has 2 heterocycles. The van der Waals surface area contributed by atoms with Gasteiger partial charge in [0.2, 0.25) is 0 Å². The maximum absolute atomic E-state index is 6.45. The highest BCUT2D eigenvalue weighted by molar-refractivity contribution is 7.10. The van der Waals surface area contributed by atoms with Crippen LogP contribution in [0, 0.1) is 12.8 Å². The molecule has 0 spiro atoms. The summed E-state index contributed by atoms with van der Waals surface area (Å²) in [5, 5.41) is 6.50. The molecule has 1 aromatic heterocycles. The first-order chi connectivity index (χ1) is 8.68. The summed E-state index contributed by atoms with van der Waals surface area (Å²) in [5.74, 6) is 0.419. The Morgan fingerprint density at radius 2 is 2.05 bits per heavy atom. The van der Waals surface area contributed by atoms with Gasteiger partial charge in [-0.05, 0) is 59.0 Å². The minimum atomic E-state index is -0.140. The largest absolute Gasteiger partial charge is 0.369 e. The highest BCUT2D eigenvalue weighted by atomic mass is 35.5. The summed E-state index contributed by atoms with van der Waals surface area (Å²) in [6, 6.07) is 0.253. The molecule has 2 unspecified atom stereocenters. The van der Waals surface area contributed by atoms with Gasteiger partial charge in [0.25, 0.3) is 0 Å². The molecule has 0 saturated carbocycles. The van der Waals surface area contributed by atoms with Crippen LogP contribution in [-0.4, -0.2) is 18.2 Å². The summed E-state index contributed by atoms with van der Waals surface area (Å²) >= 11 is 8.20. The van der Waals surface area contributed by atoms with Gasteiger partial charge in [0.05, 0.1) is 16.2 Å². The second-order valence-electron chi connectivity index (χ2n) is 6.64. The third-order valence-electron chi connectivity index (χ3n) is 4.06. The molecule has 0 aromatic carbocycles. The van der Waals surface area contributed by atoms with Crippen LogP contribution < -0.4 is 5.32 Å². The Bertz CT molecular complexity index is 467. The maximum Gasteiger partial charge on any atom is 0.0681 e. The summed E-state index contributed by atoms with van der Waals surface area (Å²) in [5.41, 5.74) is 0.957. The Balaban J connectivity index is 2.35. The van der Waals surface area contributed by atoms with Crippen LogP contribution in [0.25, 0.3) is 0 Å². The number of nitrogens with one attached hydrogen (secondary N) is 1. The van der Waals surface area contributed by atoms with Crippen molar-refractivity contribution in [3.63, 3.8) is 0 Å². The van der Waals surface area contributed by atoms with E-state index in [1.807, 2.05) is 7.05 Å². The zero-order valence-electron chi connectivity index (χ0n) is 12.6. The van der Waals surface area contributed by atoms with Crippen LogP contribution in [0.2, 0.25) is 5.02 Å². The van der Waals surface area contributed by atoms with Gasteiger partial charge >= 0.3 is 0 Å². The fourth-order valence-corrected chi connectivity index (χ4v) is 4.78. The van der Waals surface area contributed by atoms with Crippen molar-refractivity contribution in [1.29, 1.82) is 0 Å². The van der Waals surface area contributed by atoms with Crippen molar-refractivity contribution < 1.29 is 4.74 Å². The number of rotatable bonds is 3. The minimum absolute atomic E-state index is 0.0674. The Morgan fingerprint density at radius 1 is 1.42 bits per heavy atom. The molecule has 2 nitrogen and oxygen atoms in total. The van der Waals surface area contributed by atoms with Crippen molar-refractivity contribution in [1.82, 2.24) is 5.32 Å². The van der Waals surface area contributed by atoms with E-state index in [2.05, 4.69) is 45.3 Å². The summed E-state index contributed by atoms with van der Waals surface area (Å²) in [4.78, 5) is 1.24. The number of ether oxygens (including phenoxy) is 1. The molecule has 108 valence electrons. The van der Waals surface area contributed by atoms with E-state index < -0.39 is 0 Å². The Morgan fingerprint density at radius 3 is 2.42 bits per heavy atom. The van der Waals surface area contributed by atoms with E-state index in [9.17, 15) is 0 Å². The van der Waals surface area contributed by atoms with Gasteiger partial charge in [-0.1, -0.05) is 11.6 Å². The van der Waals surface area contributed by atoms with Crippen LogP contribution in [0.1, 0.15) is 50.6 Å². The Hall–Kier alpha value is -0.0900. The normalized spacial score (nSPS) is 26.6. The van der Waals surface area contributed by atoms with E-state index in [4.69, 9.17) is 16.3 Å². The van der Waals surface area contributed by atoms with Crippen LogP contribution in [0.15, 0.2) is 5.38 Å². The SMILES string of the molecule is CNC(c1scc(C)c1Cl)C1CC(C)(C)OC1(C)C. The van der Waals surface area contributed by atoms with Crippen LogP contribution in [0.5, 0.6) is 0 Å². The van der Waals surface area contributed by atoms with Gasteiger partial charge in [-0.2, -0.15) is 0 Å². The number of hydrogen-bond donors (Lipinski definition) is 1. The van der Waals surface area contributed by atoms with E-state index in [1.54, 1.807) is 11.3 Å². The quantitative estimate of drug-likeness (QED) is 0.883. The molecule has 2 rings (SSSR count). The smallest absolute Gasteiger partial charge is 0.0681 e. The van der Waals surface area contributed by atoms with E-state index in [0.717, 1.165) is 17.0 Å². The molecule has 0 amide bonds. The second kappa shape index (κ2) is 5.03. The zero-order valence-corrected chi connectivity index (χ0v) is 14.2. The Kier molecular flexibility index (Phi) is 4.05. The van der Waals surface area contributed by atoms with Crippen molar-refractivity contribution >= 4 is 22.9 Å². The second-order valence-corrected chi connectivity index (χ2v) is 7.93. The number of hydrogen-bond acceptors (Lipinski definition) is 3. The topological polar surface area (TPSA) is 21.3 Å². The van der Waals surface area contributed by atoms with Gasteiger partial charge in [0.15, 0.2) is 0 Å². The number of aryl methyl sites for hydroxylation is 1. The molecule has 1 aliphatic rings. The molecular weight excluding hydrogens is 278 g/mol. The molecular formula is C15H24ClNOS. The fraction of sp³-hybridized carbons (Fsp3) is 0.733. The van der Waals surface area contributed by atoms with Crippen molar-refractivity contribution in [3.05, 3.63) is 20.8 Å². The minimum Gasteiger partial charge on any atom is -0.369 e. The van der Waals surface area contributed by atoms with Crippen LogP contribution >= 0.6 is 22.9 Å². The van der Waals surface area contributed by atoms with Gasteiger partial charge in [0, 0.05) is 16.8 Å². The molecule has 1 aromatic rings. The highest BCUT2D eigenvalue weighted by Gasteiger charge is 2.49. The number of halogens is 1. The molecule has 0 bridgehead atoms. The molecule has 2 atom stereocenters. The molecule has 1 fully saturated rings. The van der Waals surface area contributed by atoms with Gasteiger partial charge in [-0.25, -0.2) is 0 Å². The molecule has 19 heavy (non-hydrogen) atoms. The van der Waals surface area contributed by atoms with E-state index >= 15 is 0 Å². The fourth-order valence-electron chi connectivity index (χ4n) is 3.30. The highest BCUT2D eigenvalue weighted by Crippen LogP contribution is 2.49. The van der Waals surface area contributed by atoms with Crippen molar-refractivity contribution in [2.75, 3.05) is 7.05 Å². The molecule has 4 heteroatoms. The van der Waals surface area contributed by atoms with E-state index in [-0.39, 0.29) is 17.2 Å². The first-order valence-electron chi connectivity index (χ1n) is 6.79. The summed E-state index contributed by atoms with van der Waals surface area (Å²) in [6.07, 6.45) is 1.04. The predicted molar refractivity (Wildman–Crippen MR) is 83.2 cm³/mol. The molecule has 1 saturated heterocycles. The van der Waals surface area contributed by atoms with Crippen LogP contribution in [0.3, 0.4) is 0 Å².